The summed E-state index contributed by atoms with van der Waals surface area (Å²) in [6, 6.07) is 2.05. The molecule has 0 fully saturated rings. The highest BCUT2D eigenvalue weighted by Gasteiger charge is 1.99. The lowest BCUT2D eigenvalue weighted by molar-refractivity contribution is 1.15. The van der Waals surface area contributed by atoms with Crippen molar-refractivity contribution in [3.63, 3.8) is 0 Å². The van der Waals surface area contributed by atoms with Crippen LogP contribution in [0.25, 0.3) is 0 Å². The molecule has 0 aliphatic heterocycles. The Balaban J connectivity index is 2.35. The second-order valence-corrected chi connectivity index (χ2v) is 4.99. The van der Waals surface area contributed by atoms with Gasteiger partial charge in [0.05, 0.1) is 10.2 Å². The van der Waals surface area contributed by atoms with Crippen molar-refractivity contribution in [2.75, 3.05) is 23.4 Å². The van der Waals surface area contributed by atoms with Crippen LogP contribution in [0.1, 0.15) is 5.56 Å². The Morgan fingerprint density at radius 3 is 3.13 bits per heavy atom. The molecule has 0 spiro atoms. The number of aromatic nitrogens is 1. The average molecular weight is 285 g/mol. The molecule has 1 rings (SSSR count). The lowest BCUT2D eigenvalue weighted by Crippen LogP contribution is -2.06. The van der Waals surface area contributed by atoms with Crippen molar-refractivity contribution < 1.29 is 0 Å². The first kappa shape index (κ1) is 12.4. The van der Waals surface area contributed by atoms with E-state index in [2.05, 4.69) is 32.2 Å². The predicted molar refractivity (Wildman–Crippen MR) is 71.3 cm³/mol. The zero-order chi connectivity index (χ0) is 11.1. The minimum Gasteiger partial charge on any atom is -0.368 e. The summed E-state index contributed by atoms with van der Waals surface area (Å²) in [6.45, 7) is 2.89. The Hall–Kier alpha value is -0.660. The van der Waals surface area contributed by atoms with Crippen LogP contribution in [-0.4, -0.2) is 23.0 Å². The van der Waals surface area contributed by atoms with E-state index in [1.54, 1.807) is 11.8 Å². The number of nitrogens with zero attached hydrogens (tertiary/aromatic N) is 1. The molecule has 0 bridgehead atoms. The van der Waals surface area contributed by atoms with E-state index in [9.17, 15) is 0 Å². The van der Waals surface area contributed by atoms with Crippen molar-refractivity contribution in [2.45, 2.75) is 6.92 Å². The summed E-state index contributed by atoms with van der Waals surface area (Å²) in [5, 5.41) is 3.25. The van der Waals surface area contributed by atoms with E-state index < -0.39 is 0 Å². The van der Waals surface area contributed by atoms with Gasteiger partial charge in [-0.25, -0.2) is 4.98 Å². The van der Waals surface area contributed by atoms with Gasteiger partial charge in [0.15, 0.2) is 0 Å². The number of thioether (sulfide) groups is 1. The lowest BCUT2D eigenvalue weighted by atomic mass is 10.3. The molecule has 0 saturated heterocycles. The molecule has 0 amide bonds. The Morgan fingerprint density at radius 2 is 2.47 bits per heavy atom. The smallest absolute Gasteiger partial charge is 0.140 e. The average Bonchev–Trinajstić information content (AvgIpc) is 2.20. The number of terminal acetylenes is 1. The van der Waals surface area contributed by atoms with Crippen molar-refractivity contribution in [2.24, 2.45) is 0 Å². The van der Waals surface area contributed by atoms with E-state index in [-0.39, 0.29) is 0 Å². The normalized spacial score (nSPS) is 9.67. The molecular formula is C11H13BrN2S. The molecule has 4 heteroatoms. The van der Waals surface area contributed by atoms with Crippen LogP contribution in [0.15, 0.2) is 16.7 Å². The topological polar surface area (TPSA) is 24.9 Å². The van der Waals surface area contributed by atoms with Crippen molar-refractivity contribution in [3.05, 3.63) is 22.3 Å². The van der Waals surface area contributed by atoms with Crippen LogP contribution < -0.4 is 5.32 Å². The Kier molecular flexibility index (Phi) is 5.59. The van der Waals surface area contributed by atoms with Crippen LogP contribution in [0.3, 0.4) is 0 Å². The second-order valence-electron chi connectivity index (χ2n) is 3.03. The molecule has 0 aromatic carbocycles. The Labute approximate surface area is 103 Å². The van der Waals surface area contributed by atoms with Gasteiger partial charge in [-0.05, 0) is 34.5 Å². The number of hydrogen-bond donors (Lipinski definition) is 1. The van der Waals surface area contributed by atoms with E-state index in [0.29, 0.717) is 0 Å². The maximum absolute atomic E-state index is 5.15. The molecule has 1 N–H and O–H groups in total. The van der Waals surface area contributed by atoms with Gasteiger partial charge in [-0.15, -0.1) is 18.2 Å². The Bertz CT molecular complexity index is 360. The van der Waals surface area contributed by atoms with Gasteiger partial charge in [-0.1, -0.05) is 5.92 Å². The van der Waals surface area contributed by atoms with Gasteiger partial charge in [0.25, 0.3) is 0 Å². The number of anilines is 1. The van der Waals surface area contributed by atoms with E-state index >= 15 is 0 Å². The van der Waals surface area contributed by atoms with Crippen LogP contribution in [0, 0.1) is 19.3 Å². The summed E-state index contributed by atoms with van der Waals surface area (Å²) in [6.07, 6.45) is 7.00. The van der Waals surface area contributed by atoms with Crippen LogP contribution >= 0.6 is 27.7 Å². The number of nitrogens with one attached hydrogen (secondary N) is 1. The van der Waals surface area contributed by atoms with Crippen LogP contribution in [0.4, 0.5) is 5.82 Å². The molecule has 0 unspecified atom stereocenters. The molecule has 0 aliphatic rings. The predicted octanol–water partition coefficient (Wildman–Crippen LogP) is 2.93. The third-order valence-corrected chi connectivity index (χ3v) is 3.17. The van der Waals surface area contributed by atoms with Gasteiger partial charge in [-0.3, -0.25) is 0 Å². The highest BCUT2D eigenvalue weighted by molar-refractivity contribution is 9.10. The summed E-state index contributed by atoms with van der Waals surface area (Å²) < 4.78 is 1.00. The third-order valence-electron chi connectivity index (χ3n) is 1.70. The summed E-state index contributed by atoms with van der Waals surface area (Å²) in [7, 11) is 0. The fourth-order valence-electron chi connectivity index (χ4n) is 1.04. The van der Waals surface area contributed by atoms with E-state index in [0.717, 1.165) is 33.9 Å². The van der Waals surface area contributed by atoms with Crippen molar-refractivity contribution in [1.82, 2.24) is 4.98 Å². The molecule has 0 saturated carbocycles. The molecule has 0 atom stereocenters. The molecule has 0 aliphatic carbocycles. The van der Waals surface area contributed by atoms with Crippen molar-refractivity contribution >= 4 is 33.5 Å². The first-order chi connectivity index (χ1) is 7.24. The number of hydrogen-bond acceptors (Lipinski definition) is 3. The van der Waals surface area contributed by atoms with Gasteiger partial charge >= 0.3 is 0 Å². The van der Waals surface area contributed by atoms with E-state index in [4.69, 9.17) is 6.42 Å². The number of rotatable bonds is 5. The summed E-state index contributed by atoms with van der Waals surface area (Å²) in [4.78, 5) is 4.29. The van der Waals surface area contributed by atoms with E-state index in [1.807, 2.05) is 19.2 Å². The quantitative estimate of drug-likeness (QED) is 0.665. The number of aryl methyl sites for hydroxylation is 1. The molecule has 2 nitrogen and oxygen atoms in total. The third kappa shape index (κ3) is 4.59. The van der Waals surface area contributed by atoms with Gasteiger partial charge in [-0.2, -0.15) is 0 Å². The van der Waals surface area contributed by atoms with Gasteiger partial charge < -0.3 is 5.32 Å². The van der Waals surface area contributed by atoms with Crippen LogP contribution in [0.5, 0.6) is 0 Å². The minimum absolute atomic E-state index is 0.768. The summed E-state index contributed by atoms with van der Waals surface area (Å²) >= 11 is 5.21. The molecule has 80 valence electrons. The SMILES string of the molecule is C#CCSCCNc1ncc(C)cc1Br. The molecule has 1 heterocycles. The maximum atomic E-state index is 5.15. The van der Waals surface area contributed by atoms with Gasteiger partial charge in [0, 0.05) is 18.5 Å². The van der Waals surface area contributed by atoms with E-state index in [1.165, 1.54) is 0 Å². The standard InChI is InChI=1S/C11H13BrN2S/c1-3-5-15-6-4-13-11-10(12)7-9(2)8-14-11/h1,7-8H,4-6H2,2H3,(H,13,14). The molecular weight excluding hydrogens is 272 g/mol. The second kappa shape index (κ2) is 6.76. The molecule has 1 aromatic heterocycles. The summed E-state index contributed by atoms with van der Waals surface area (Å²) in [5.74, 6) is 5.25. The first-order valence-electron chi connectivity index (χ1n) is 4.61. The van der Waals surface area contributed by atoms with Gasteiger partial charge in [0.2, 0.25) is 0 Å². The maximum Gasteiger partial charge on any atom is 0.140 e. The lowest BCUT2D eigenvalue weighted by Gasteiger charge is -2.07. The van der Waals surface area contributed by atoms with Gasteiger partial charge in [0.1, 0.15) is 5.82 Å². The zero-order valence-electron chi connectivity index (χ0n) is 8.59. The Morgan fingerprint density at radius 1 is 1.67 bits per heavy atom. The van der Waals surface area contributed by atoms with Crippen LogP contribution in [0.2, 0.25) is 0 Å². The highest BCUT2D eigenvalue weighted by atomic mass is 79.9. The van der Waals surface area contributed by atoms with Crippen molar-refractivity contribution in [3.8, 4) is 12.3 Å². The number of halogens is 1. The largest absolute Gasteiger partial charge is 0.368 e. The molecule has 0 radical (unpaired) electrons. The fraction of sp³-hybridized carbons (Fsp3) is 0.364. The fourth-order valence-corrected chi connectivity index (χ4v) is 2.15. The molecule has 15 heavy (non-hydrogen) atoms. The first-order valence-corrected chi connectivity index (χ1v) is 6.56. The number of pyridine rings is 1. The summed E-state index contributed by atoms with van der Waals surface area (Å²) in [5.41, 5.74) is 1.15. The zero-order valence-corrected chi connectivity index (χ0v) is 11.0. The monoisotopic (exact) mass is 284 g/mol. The van der Waals surface area contributed by atoms with Crippen LogP contribution in [-0.2, 0) is 0 Å². The highest BCUT2D eigenvalue weighted by Crippen LogP contribution is 2.20. The minimum atomic E-state index is 0.768. The molecule has 1 aromatic rings. The van der Waals surface area contributed by atoms with Crippen molar-refractivity contribution in [1.29, 1.82) is 0 Å².